The van der Waals surface area contributed by atoms with Crippen molar-refractivity contribution in [1.82, 2.24) is 0 Å². The van der Waals surface area contributed by atoms with Gasteiger partial charge in [-0.2, -0.15) is 0 Å². The summed E-state index contributed by atoms with van der Waals surface area (Å²) in [6.45, 7) is 3.01. The maximum absolute atomic E-state index is 9.30. The molecular formula is C4H8Cl5OP. The van der Waals surface area contributed by atoms with E-state index in [1.54, 1.807) is 0 Å². The summed E-state index contributed by atoms with van der Waals surface area (Å²) in [6.07, 6.45) is -3.47. The average Bonchev–Trinajstić information content (AvgIpc) is 1.58. The van der Waals surface area contributed by atoms with Gasteiger partial charge in [-0.1, -0.05) is 0 Å². The molecule has 0 heterocycles. The molecule has 0 fully saturated rings. The van der Waals surface area contributed by atoms with Crippen molar-refractivity contribution in [3.05, 3.63) is 0 Å². The van der Waals surface area contributed by atoms with Gasteiger partial charge in [-0.05, 0) is 0 Å². The molecule has 0 aliphatic rings. The third-order valence-electron chi connectivity index (χ3n) is 1.46. The van der Waals surface area contributed by atoms with Crippen molar-refractivity contribution in [2.24, 2.45) is 0 Å². The first-order valence-corrected chi connectivity index (χ1v) is 7.77. The van der Waals surface area contributed by atoms with E-state index >= 15 is 0 Å². The van der Waals surface area contributed by atoms with Crippen LogP contribution in [0.15, 0.2) is 0 Å². The van der Waals surface area contributed by atoms with Crippen molar-refractivity contribution in [2.45, 2.75) is 22.8 Å². The Labute approximate surface area is 90.9 Å². The molecule has 0 aliphatic carbocycles. The molecule has 0 bridgehead atoms. The molecule has 11 heavy (non-hydrogen) atoms. The molecule has 0 saturated carbocycles. The third kappa shape index (κ3) is 2.91. The molecular weight excluding hydrogens is 272 g/mol. The molecule has 0 aromatic heterocycles. The van der Waals surface area contributed by atoms with Crippen LogP contribution in [0.25, 0.3) is 0 Å². The molecule has 7 heteroatoms. The molecule has 0 aromatic rings. The van der Waals surface area contributed by atoms with Gasteiger partial charge in [0.2, 0.25) is 0 Å². The Morgan fingerprint density at radius 1 is 1.09 bits per heavy atom. The zero-order chi connectivity index (χ0) is 9.50. The molecule has 0 rings (SSSR count). The monoisotopic (exact) mass is 278 g/mol. The summed E-state index contributed by atoms with van der Waals surface area (Å²) >= 11 is 27.7. The van der Waals surface area contributed by atoms with Crippen molar-refractivity contribution in [1.29, 1.82) is 0 Å². The first kappa shape index (κ1) is 12.8. The predicted octanol–water partition coefficient (Wildman–Crippen LogP) is 4.10. The molecule has 0 saturated heterocycles. The van der Waals surface area contributed by atoms with E-state index in [-0.39, 0.29) is 0 Å². The van der Waals surface area contributed by atoms with Crippen LogP contribution < -0.4 is 0 Å². The quantitative estimate of drug-likeness (QED) is 0.566. The van der Waals surface area contributed by atoms with Crippen molar-refractivity contribution >= 4 is 63.5 Å². The average molecular weight is 280 g/mol. The zero-order valence-corrected chi connectivity index (χ0v) is 10.6. The summed E-state index contributed by atoms with van der Waals surface area (Å²) in [4.78, 5) is 9.30. The number of alkyl halides is 3. The number of hydrogen-bond acceptors (Lipinski definition) is 1. The fraction of sp³-hybridized carbons (Fsp3) is 1.00. The molecule has 0 amide bonds. The van der Waals surface area contributed by atoms with Crippen molar-refractivity contribution < 1.29 is 4.89 Å². The van der Waals surface area contributed by atoms with Crippen LogP contribution in [-0.4, -0.2) is 13.8 Å². The van der Waals surface area contributed by atoms with E-state index in [0.29, 0.717) is 0 Å². The topological polar surface area (TPSA) is 20.2 Å². The molecule has 0 aromatic carbocycles. The minimum atomic E-state index is -3.47. The third-order valence-corrected chi connectivity index (χ3v) is 8.07. The Hall–Kier alpha value is 1.84. The summed E-state index contributed by atoms with van der Waals surface area (Å²) in [7, 11) is 0. The van der Waals surface area contributed by atoms with E-state index in [2.05, 4.69) is 0 Å². The van der Waals surface area contributed by atoms with E-state index in [0.717, 1.165) is 0 Å². The molecule has 0 radical (unpaired) electrons. The van der Waals surface area contributed by atoms with Crippen LogP contribution in [0.1, 0.15) is 13.8 Å². The van der Waals surface area contributed by atoms with Crippen LogP contribution in [0.4, 0.5) is 0 Å². The molecule has 70 valence electrons. The van der Waals surface area contributed by atoms with Gasteiger partial charge in [0.05, 0.1) is 0 Å². The first-order chi connectivity index (χ1) is 4.50. The minimum absolute atomic E-state index is 1.10. The maximum atomic E-state index is 9.30. The summed E-state index contributed by atoms with van der Waals surface area (Å²) in [6, 6.07) is 0. The van der Waals surface area contributed by atoms with Gasteiger partial charge in [0.1, 0.15) is 0 Å². The molecule has 1 nitrogen and oxygen atoms in total. The second-order valence-electron chi connectivity index (χ2n) is 2.66. The summed E-state index contributed by atoms with van der Waals surface area (Å²) < 4.78 is -1.66. The fourth-order valence-electron chi connectivity index (χ4n) is 0.171. The summed E-state index contributed by atoms with van der Waals surface area (Å²) in [5.74, 6) is 0. The SMILES string of the molecule is CC(C)(C(Cl)(Cl)Cl)[PH](O)(Cl)Cl. The standard InChI is InChI=1S/C4H8Cl5OP/c1-3(2,4(5,6)7)11(8,9)10/h10-11H,1-2H3. The van der Waals surface area contributed by atoms with Crippen molar-refractivity contribution in [3.63, 3.8) is 0 Å². The van der Waals surface area contributed by atoms with Crippen LogP contribution in [0.3, 0.4) is 0 Å². The molecule has 0 unspecified atom stereocenters. The molecule has 1 N–H and O–H groups in total. The van der Waals surface area contributed by atoms with Gasteiger partial charge in [0, 0.05) is 0 Å². The van der Waals surface area contributed by atoms with E-state index in [4.69, 9.17) is 57.3 Å². The van der Waals surface area contributed by atoms with Gasteiger partial charge in [-0.15, -0.1) is 0 Å². The fourth-order valence-corrected chi connectivity index (χ4v) is 3.46. The normalized spacial score (nSPS) is 16.7. The van der Waals surface area contributed by atoms with Gasteiger partial charge in [0.15, 0.2) is 0 Å². The van der Waals surface area contributed by atoms with Crippen LogP contribution in [0, 0.1) is 0 Å². The summed E-state index contributed by atoms with van der Waals surface area (Å²) in [5, 5.41) is -1.10. The zero-order valence-electron chi connectivity index (χ0n) is 5.84. The number of rotatable bonds is 1. The van der Waals surface area contributed by atoms with Crippen LogP contribution in [0.2, 0.25) is 0 Å². The second kappa shape index (κ2) is 3.53. The van der Waals surface area contributed by atoms with E-state index in [1.807, 2.05) is 0 Å². The van der Waals surface area contributed by atoms with E-state index in [9.17, 15) is 4.89 Å². The molecule has 0 spiro atoms. The van der Waals surface area contributed by atoms with E-state index in [1.165, 1.54) is 13.8 Å². The van der Waals surface area contributed by atoms with Crippen LogP contribution >= 0.6 is 63.5 Å². The molecule has 0 aliphatic heterocycles. The van der Waals surface area contributed by atoms with Crippen molar-refractivity contribution in [2.75, 3.05) is 0 Å². The van der Waals surface area contributed by atoms with Gasteiger partial charge in [-0.25, -0.2) is 0 Å². The Kier molecular flexibility index (Phi) is 4.13. The van der Waals surface area contributed by atoms with Crippen molar-refractivity contribution in [3.8, 4) is 0 Å². The first-order valence-electron chi connectivity index (χ1n) is 2.67. The predicted molar refractivity (Wildman–Crippen MR) is 56.6 cm³/mol. The van der Waals surface area contributed by atoms with Crippen LogP contribution in [0.5, 0.6) is 0 Å². The Morgan fingerprint density at radius 3 is 1.36 bits per heavy atom. The van der Waals surface area contributed by atoms with Gasteiger partial charge < -0.3 is 0 Å². The Morgan fingerprint density at radius 2 is 1.36 bits per heavy atom. The number of halogens is 5. The van der Waals surface area contributed by atoms with Crippen LogP contribution in [-0.2, 0) is 0 Å². The van der Waals surface area contributed by atoms with E-state index < -0.39 is 15.1 Å². The van der Waals surface area contributed by atoms with Gasteiger partial charge >= 0.3 is 91.2 Å². The molecule has 0 atom stereocenters. The van der Waals surface area contributed by atoms with Gasteiger partial charge in [-0.3, -0.25) is 0 Å². The second-order valence-corrected chi connectivity index (χ2v) is 11.1. The number of hydrogen-bond donors (Lipinski definition) is 1. The Balaban J connectivity index is 4.75. The van der Waals surface area contributed by atoms with Gasteiger partial charge in [0.25, 0.3) is 0 Å². The Bertz CT molecular complexity index is 130. The summed E-state index contributed by atoms with van der Waals surface area (Å²) in [5.41, 5.74) is 0.